The van der Waals surface area contributed by atoms with E-state index in [9.17, 15) is 4.39 Å². The van der Waals surface area contributed by atoms with E-state index in [1.54, 1.807) is 6.07 Å². The molecule has 0 saturated carbocycles. The average Bonchev–Trinajstić information content (AvgIpc) is 2.41. The van der Waals surface area contributed by atoms with E-state index in [0.29, 0.717) is 10.9 Å². The van der Waals surface area contributed by atoms with Crippen molar-refractivity contribution in [3.8, 4) is 0 Å². The Balaban J connectivity index is 2.30. The fourth-order valence-corrected chi connectivity index (χ4v) is 3.13. The molecule has 0 heterocycles. The van der Waals surface area contributed by atoms with Gasteiger partial charge in [0, 0.05) is 3.57 Å². The maximum atomic E-state index is 13.5. The summed E-state index contributed by atoms with van der Waals surface area (Å²) in [6.07, 6.45) is 0.620. The molecular formula is C14H13BrFIN2. The molecule has 1 unspecified atom stereocenters. The number of nitrogens with two attached hydrogens (primary N) is 1. The summed E-state index contributed by atoms with van der Waals surface area (Å²) in [6.45, 7) is 0. The lowest BCUT2D eigenvalue weighted by Gasteiger charge is -2.18. The molecule has 2 nitrogen and oxygen atoms in total. The lowest BCUT2D eigenvalue weighted by Crippen LogP contribution is -2.30. The summed E-state index contributed by atoms with van der Waals surface area (Å²) in [5.41, 5.74) is 4.81. The molecule has 2 rings (SSSR count). The van der Waals surface area contributed by atoms with E-state index in [0.717, 1.165) is 14.7 Å². The minimum atomic E-state index is -0.254. The second-order valence-electron chi connectivity index (χ2n) is 4.16. The highest BCUT2D eigenvalue weighted by Gasteiger charge is 2.15. The molecule has 19 heavy (non-hydrogen) atoms. The molecule has 2 aromatic carbocycles. The summed E-state index contributed by atoms with van der Waals surface area (Å²) >= 11 is 5.56. The highest BCUT2D eigenvalue weighted by Crippen LogP contribution is 2.27. The Labute approximate surface area is 133 Å². The van der Waals surface area contributed by atoms with Crippen LogP contribution in [0.2, 0.25) is 0 Å². The first-order valence-corrected chi connectivity index (χ1v) is 7.64. The number of benzene rings is 2. The number of hydrogen-bond acceptors (Lipinski definition) is 2. The molecule has 0 bridgehead atoms. The zero-order valence-electron chi connectivity index (χ0n) is 10.0. The molecule has 0 radical (unpaired) electrons. The molecule has 0 aliphatic heterocycles. The Morgan fingerprint density at radius 1 is 1.21 bits per heavy atom. The third kappa shape index (κ3) is 3.53. The maximum absolute atomic E-state index is 13.5. The van der Waals surface area contributed by atoms with Crippen molar-refractivity contribution in [1.82, 2.24) is 5.43 Å². The highest BCUT2D eigenvalue weighted by atomic mass is 127. The summed E-state index contributed by atoms with van der Waals surface area (Å²) in [4.78, 5) is 0. The zero-order valence-corrected chi connectivity index (χ0v) is 13.8. The van der Waals surface area contributed by atoms with Crippen LogP contribution in [0.25, 0.3) is 0 Å². The Kier molecular flexibility index (Phi) is 5.32. The molecule has 3 N–H and O–H groups in total. The van der Waals surface area contributed by atoms with E-state index in [1.807, 2.05) is 30.3 Å². The van der Waals surface area contributed by atoms with Crippen molar-refractivity contribution in [2.24, 2.45) is 5.84 Å². The van der Waals surface area contributed by atoms with Crippen molar-refractivity contribution >= 4 is 38.5 Å². The van der Waals surface area contributed by atoms with Gasteiger partial charge in [0.2, 0.25) is 0 Å². The topological polar surface area (TPSA) is 38.0 Å². The van der Waals surface area contributed by atoms with Crippen molar-refractivity contribution in [3.05, 3.63) is 67.5 Å². The van der Waals surface area contributed by atoms with Crippen LogP contribution in [0.15, 0.2) is 46.9 Å². The molecular weight excluding hydrogens is 422 g/mol. The monoisotopic (exact) mass is 434 g/mol. The van der Waals surface area contributed by atoms with Crippen LogP contribution < -0.4 is 11.3 Å². The van der Waals surface area contributed by atoms with Gasteiger partial charge in [0.1, 0.15) is 5.82 Å². The Morgan fingerprint density at radius 3 is 2.63 bits per heavy atom. The van der Waals surface area contributed by atoms with Crippen LogP contribution in [-0.4, -0.2) is 0 Å². The van der Waals surface area contributed by atoms with Crippen LogP contribution >= 0.6 is 38.5 Å². The van der Waals surface area contributed by atoms with Gasteiger partial charge in [-0.3, -0.25) is 11.3 Å². The highest BCUT2D eigenvalue weighted by molar-refractivity contribution is 14.1. The molecule has 0 amide bonds. The van der Waals surface area contributed by atoms with Gasteiger partial charge in [-0.15, -0.1) is 0 Å². The van der Waals surface area contributed by atoms with E-state index in [1.165, 1.54) is 6.07 Å². The molecule has 0 aliphatic rings. The van der Waals surface area contributed by atoms with Crippen molar-refractivity contribution < 1.29 is 4.39 Å². The SMILES string of the molecule is NNC(Cc1cccc(F)c1Br)c1ccccc1I. The number of nitrogens with one attached hydrogen (secondary N) is 1. The third-order valence-electron chi connectivity index (χ3n) is 2.94. The largest absolute Gasteiger partial charge is 0.271 e. The van der Waals surface area contributed by atoms with Gasteiger partial charge < -0.3 is 0 Å². The van der Waals surface area contributed by atoms with E-state index >= 15 is 0 Å². The molecule has 2 aromatic rings. The van der Waals surface area contributed by atoms with Gasteiger partial charge in [0.05, 0.1) is 10.5 Å². The molecule has 100 valence electrons. The van der Waals surface area contributed by atoms with Crippen molar-refractivity contribution in [2.75, 3.05) is 0 Å². The van der Waals surface area contributed by atoms with Crippen LogP contribution in [0.1, 0.15) is 17.2 Å². The Morgan fingerprint density at radius 2 is 1.95 bits per heavy atom. The lowest BCUT2D eigenvalue weighted by molar-refractivity contribution is 0.544. The van der Waals surface area contributed by atoms with Crippen LogP contribution in [0, 0.1) is 9.39 Å². The molecule has 0 spiro atoms. The first kappa shape index (κ1) is 14.9. The van der Waals surface area contributed by atoms with Crippen LogP contribution in [0.4, 0.5) is 4.39 Å². The van der Waals surface area contributed by atoms with Gasteiger partial charge in [-0.2, -0.15) is 0 Å². The van der Waals surface area contributed by atoms with E-state index in [4.69, 9.17) is 5.84 Å². The molecule has 0 aromatic heterocycles. The minimum Gasteiger partial charge on any atom is -0.271 e. The van der Waals surface area contributed by atoms with E-state index < -0.39 is 0 Å². The predicted molar refractivity (Wildman–Crippen MR) is 87.0 cm³/mol. The Bertz CT molecular complexity index is 577. The van der Waals surface area contributed by atoms with Crippen molar-refractivity contribution in [1.29, 1.82) is 0 Å². The molecule has 1 atom stereocenters. The average molecular weight is 435 g/mol. The zero-order chi connectivity index (χ0) is 13.8. The fourth-order valence-electron chi connectivity index (χ4n) is 1.94. The summed E-state index contributed by atoms with van der Waals surface area (Å²) in [7, 11) is 0. The van der Waals surface area contributed by atoms with Crippen LogP contribution in [0.3, 0.4) is 0 Å². The van der Waals surface area contributed by atoms with Crippen molar-refractivity contribution in [3.63, 3.8) is 0 Å². The summed E-state index contributed by atoms with van der Waals surface area (Å²) in [5.74, 6) is 5.39. The Hall–Kier alpha value is -0.500. The number of hydrazine groups is 1. The fraction of sp³-hybridized carbons (Fsp3) is 0.143. The first-order chi connectivity index (χ1) is 9.13. The van der Waals surface area contributed by atoms with Gasteiger partial charge in [0.25, 0.3) is 0 Å². The molecule has 0 saturated heterocycles. The van der Waals surface area contributed by atoms with Crippen LogP contribution in [-0.2, 0) is 6.42 Å². The molecule has 0 aliphatic carbocycles. The van der Waals surface area contributed by atoms with Gasteiger partial charge in [-0.1, -0.05) is 30.3 Å². The number of hydrogen-bond donors (Lipinski definition) is 2. The second-order valence-corrected chi connectivity index (χ2v) is 6.11. The van der Waals surface area contributed by atoms with Crippen LogP contribution in [0.5, 0.6) is 0 Å². The van der Waals surface area contributed by atoms with Gasteiger partial charge in [-0.25, -0.2) is 4.39 Å². The lowest BCUT2D eigenvalue weighted by atomic mass is 9.99. The first-order valence-electron chi connectivity index (χ1n) is 5.77. The normalized spacial score (nSPS) is 12.4. The third-order valence-corrected chi connectivity index (χ3v) is 4.81. The smallest absolute Gasteiger partial charge is 0.137 e. The molecule has 5 heteroatoms. The number of rotatable bonds is 4. The van der Waals surface area contributed by atoms with Gasteiger partial charge in [-0.05, 0) is 68.2 Å². The molecule has 0 fully saturated rings. The van der Waals surface area contributed by atoms with Gasteiger partial charge >= 0.3 is 0 Å². The quantitative estimate of drug-likeness (QED) is 0.434. The number of halogens is 3. The standard InChI is InChI=1S/C14H13BrFIN2/c15-14-9(4-3-6-11(14)16)8-13(19-18)10-5-1-2-7-12(10)17/h1-7,13,19H,8,18H2. The second kappa shape index (κ2) is 6.78. The summed E-state index contributed by atoms with van der Waals surface area (Å²) in [5, 5.41) is 0. The van der Waals surface area contributed by atoms with E-state index in [2.05, 4.69) is 43.9 Å². The van der Waals surface area contributed by atoms with E-state index in [-0.39, 0.29) is 11.9 Å². The summed E-state index contributed by atoms with van der Waals surface area (Å²) in [6, 6.07) is 13.0. The van der Waals surface area contributed by atoms with Crippen molar-refractivity contribution in [2.45, 2.75) is 12.5 Å². The summed E-state index contributed by atoms with van der Waals surface area (Å²) < 4.78 is 15.2. The minimum absolute atomic E-state index is 0.0498. The van der Waals surface area contributed by atoms with Gasteiger partial charge in [0.15, 0.2) is 0 Å². The maximum Gasteiger partial charge on any atom is 0.137 e. The predicted octanol–water partition coefficient (Wildman–Crippen LogP) is 3.94.